The van der Waals surface area contributed by atoms with Crippen LogP contribution in [0.3, 0.4) is 0 Å². The molecule has 2 amide bonds. The smallest absolute Gasteiger partial charge is 0.332 e. The van der Waals surface area contributed by atoms with Crippen LogP contribution in [0.2, 0.25) is 5.02 Å². The van der Waals surface area contributed by atoms with Crippen LogP contribution >= 0.6 is 23.4 Å². The Bertz CT molecular complexity index is 1170. The first kappa shape index (κ1) is 25.5. The maximum atomic E-state index is 15.1. The van der Waals surface area contributed by atoms with E-state index in [1.807, 2.05) is 0 Å². The number of nitrogens with zero attached hydrogens (tertiary/aromatic N) is 1. The van der Waals surface area contributed by atoms with Gasteiger partial charge in [-0.1, -0.05) is 29.8 Å². The molecule has 0 aromatic heterocycles. The van der Waals surface area contributed by atoms with E-state index in [2.05, 4.69) is 4.74 Å². The number of anilines is 1. The zero-order chi connectivity index (χ0) is 24.8. The molecular formula is C24H21ClFNO6S. The minimum absolute atomic E-state index is 0.0159. The normalized spacial score (nSPS) is 13.4. The van der Waals surface area contributed by atoms with Crippen LogP contribution in [-0.4, -0.2) is 41.7 Å². The number of hydrogen-bond acceptors (Lipinski definition) is 6. The van der Waals surface area contributed by atoms with Gasteiger partial charge in [-0.3, -0.25) is 14.4 Å². The Morgan fingerprint density at radius 1 is 1.06 bits per heavy atom. The van der Waals surface area contributed by atoms with Gasteiger partial charge in [0.1, 0.15) is 5.82 Å². The van der Waals surface area contributed by atoms with Gasteiger partial charge in [-0.15, -0.1) is 11.8 Å². The number of esters is 1. The molecule has 178 valence electrons. The molecule has 10 heteroatoms. The summed E-state index contributed by atoms with van der Waals surface area (Å²) in [5.74, 6) is -4.59. The molecule has 0 spiro atoms. The number of hydrogen-bond donors (Lipinski definition) is 1. The summed E-state index contributed by atoms with van der Waals surface area (Å²) in [6.45, 7) is 0. The van der Waals surface area contributed by atoms with Crippen molar-refractivity contribution in [2.75, 3.05) is 17.8 Å². The Labute approximate surface area is 204 Å². The lowest BCUT2D eigenvalue weighted by molar-refractivity contribution is -0.137. The van der Waals surface area contributed by atoms with Crippen molar-refractivity contribution in [2.45, 2.75) is 30.6 Å². The minimum Gasteiger partial charge on any atom is -0.478 e. The van der Waals surface area contributed by atoms with Gasteiger partial charge in [0.2, 0.25) is 0 Å². The van der Waals surface area contributed by atoms with Gasteiger partial charge in [0.15, 0.2) is 0 Å². The fourth-order valence-electron chi connectivity index (χ4n) is 3.53. The Hall–Kier alpha value is -3.17. The standard InChI is InChI=1S/C24H21ClFNO6S/c1-33-21(28)13-34-20-12-19(18(26)11-17(20)25)27(22(29)14-7-3-2-4-8-14)23(30)15-9-5-6-10-16(15)24(31)32/h2-4,7-8,11-12H,5-6,9-10,13H2,1H3,(H,31,32). The number of ether oxygens (including phenoxy) is 1. The van der Waals surface area contributed by atoms with Gasteiger partial charge in [0, 0.05) is 21.6 Å². The number of methoxy groups -OCH3 is 1. The van der Waals surface area contributed by atoms with Crippen LogP contribution in [0.15, 0.2) is 58.5 Å². The highest BCUT2D eigenvalue weighted by Crippen LogP contribution is 2.36. The summed E-state index contributed by atoms with van der Waals surface area (Å²) < 4.78 is 19.7. The van der Waals surface area contributed by atoms with Gasteiger partial charge in [0.25, 0.3) is 11.8 Å². The van der Waals surface area contributed by atoms with Gasteiger partial charge in [0.05, 0.1) is 23.6 Å². The van der Waals surface area contributed by atoms with Gasteiger partial charge in [-0.25, -0.2) is 14.1 Å². The average Bonchev–Trinajstić information content (AvgIpc) is 2.84. The quantitative estimate of drug-likeness (QED) is 0.325. The Kier molecular flexibility index (Phi) is 8.46. The van der Waals surface area contributed by atoms with Crippen molar-refractivity contribution in [3.8, 4) is 0 Å². The first-order chi connectivity index (χ1) is 16.2. The molecule has 34 heavy (non-hydrogen) atoms. The Morgan fingerprint density at radius 3 is 2.32 bits per heavy atom. The van der Waals surface area contributed by atoms with E-state index < -0.39 is 35.3 Å². The molecule has 0 saturated heterocycles. The summed E-state index contributed by atoms with van der Waals surface area (Å²) in [4.78, 5) is 51.2. The van der Waals surface area contributed by atoms with Gasteiger partial charge in [-0.05, 0) is 49.9 Å². The van der Waals surface area contributed by atoms with E-state index >= 15 is 4.39 Å². The second kappa shape index (κ2) is 11.3. The molecular weight excluding hydrogens is 485 g/mol. The van der Waals surface area contributed by atoms with Crippen LogP contribution < -0.4 is 4.90 Å². The maximum Gasteiger partial charge on any atom is 0.332 e. The number of carbonyl (C=O) groups is 4. The van der Waals surface area contributed by atoms with Gasteiger partial charge < -0.3 is 9.84 Å². The number of thioether (sulfide) groups is 1. The number of amides is 2. The number of halogens is 2. The summed E-state index contributed by atoms with van der Waals surface area (Å²) in [5, 5.41) is 9.58. The Balaban J connectivity index is 2.14. The molecule has 3 rings (SSSR count). The number of benzene rings is 2. The first-order valence-corrected chi connectivity index (χ1v) is 11.7. The van der Waals surface area contributed by atoms with Crippen LogP contribution in [-0.2, 0) is 19.1 Å². The van der Waals surface area contributed by atoms with Crippen molar-refractivity contribution in [2.24, 2.45) is 0 Å². The third-order valence-electron chi connectivity index (χ3n) is 5.23. The molecule has 0 radical (unpaired) electrons. The molecule has 0 atom stereocenters. The largest absolute Gasteiger partial charge is 0.478 e. The predicted octanol–water partition coefficient (Wildman–Crippen LogP) is 4.87. The van der Waals surface area contributed by atoms with Crippen molar-refractivity contribution in [3.05, 3.63) is 70.0 Å². The average molecular weight is 506 g/mol. The van der Waals surface area contributed by atoms with E-state index in [9.17, 15) is 24.3 Å². The number of aliphatic carboxylic acids is 1. The maximum absolute atomic E-state index is 15.1. The highest BCUT2D eigenvalue weighted by atomic mass is 35.5. The molecule has 1 aliphatic carbocycles. The number of imide groups is 1. The van der Waals surface area contributed by atoms with Crippen molar-refractivity contribution in [1.82, 2.24) is 0 Å². The molecule has 1 aliphatic rings. The number of rotatable bonds is 7. The Morgan fingerprint density at radius 2 is 1.71 bits per heavy atom. The van der Waals surface area contributed by atoms with Gasteiger partial charge >= 0.3 is 11.9 Å². The van der Waals surface area contributed by atoms with Crippen LogP contribution in [0.1, 0.15) is 36.0 Å². The predicted molar refractivity (Wildman–Crippen MR) is 126 cm³/mol. The van der Waals surface area contributed by atoms with Crippen molar-refractivity contribution in [3.63, 3.8) is 0 Å². The SMILES string of the molecule is COC(=O)CSc1cc(N(C(=O)C2=C(C(=O)O)CCCC2)C(=O)c2ccccc2)c(F)cc1Cl. The van der Waals surface area contributed by atoms with E-state index in [0.717, 1.165) is 17.8 Å². The van der Waals surface area contributed by atoms with E-state index in [1.54, 1.807) is 18.2 Å². The van der Waals surface area contributed by atoms with Crippen LogP contribution in [0.25, 0.3) is 0 Å². The number of carboxylic acid groups (broad SMARTS) is 1. The van der Waals surface area contributed by atoms with Crippen LogP contribution in [0.5, 0.6) is 0 Å². The zero-order valence-electron chi connectivity index (χ0n) is 18.2. The summed E-state index contributed by atoms with van der Waals surface area (Å²) >= 11 is 7.09. The van der Waals surface area contributed by atoms with Crippen molar-refractivity contribution in [1.29, 1.82) is 0 Å². The molecule has 0 aliphatic heterocycles. The molecule has 1 N–H and O–H groups in total. The van der Waals surface area contributed by atoms with Crippen molar-refractivity contribution >= 4 is 52.8 Å². The van der Waals surface area contributed by atoms with Crippen LogP contribution in [0.4, 0.5) is 10.1 Å². The summed E-state index contributed by atoms with van der Waals surface area (Å²) in [6, 6.07) is 9.95. The molecule has 0 fully saturated rings. The lowest BCUT2D eigenvalue weighted by atomic mass is 9.90. The molecule has 7 nitrogen and oxygen atoms in total. The number of carbonyl (C=O) groups excluding carboxylic acids is 3. The van der Waals surface area contributed by atoms with E-state index in [1.165, 1.54) is 25.3 Å². The van der Waals surface area contributed by atoms with Crippen LogP contribution in [0, 0.1) is 5.82 Å². The second-order valence-corrected chi connectivity index (χ2v) is 8.80. The summed E-state index contributed by atoms with van der Waals surface area (Å²) in [6.07, 6.45) is 1.48. The topological polar surface area (TPSA) is 101 Å². The summed E-state index contributed by atoms with van der Waals surface area (Å²) in [5.41, 5.74) is -0.404. The van der Waals surface area contributed by atoms with E-state index in [4.69, 9.17) is 11.6 Å². The fraction of sp³-hybridized carbons (Fsp3) is 0.250. The molecule has 0 saturated carbocycles. The molecule has 2 aromatic carbocycles. The minimum atomic E-state index is -1.25. The van der Waals surface area contributed by atoms with Crippen molar-refractivity contribution < 1.29 is 33.4 Å². The molecule has 0 unspecified atom stereocenters. The lowest BCUT2D eigenvalue weighted by Gasteiger charge is -2.26. The van der Waals surface area contributed by atoms with Gasteiger partial charge in [-0.2, -0.15) is 0 Å². The second-order valence-electron chi connectivity index (χ2n) is 7.38. The highest BCUT2D eigenvalue weighted by molar-refractivity contribution is 8.00. The zero-order valence-corrected chi connectivity index (χ0v) is 19.7. The summed E-state index contributed by atoms with van der Waals surface area (Å²) in [7, 11) is 1.22. The number of carboxylic acids is 1. The highest BCUT2D eigenvalue weighted by Gasteiger charge is 2.34. The first-order valence-electron chi connectivity index (χ1n) is 10.3. The third-order valence-corrected chi connectivity index (χ3v) is 6.68. The molecule has 0 bridgehead atoms. The van der Waals surface area contributed by atoms with E-state index in [-0.39, 0.29) is 45.2 Å². The van der Waals surface area contributed by atoms with E-state index in [0.29, 0.717) is 17.7 Å². The monoisotopic (exact) mass is 505 g/mol. The lowest BCUT2D eigenvalue weighted by Crippen LogP contribution is -2.40. The fourth-order valence-corrected chi connectivity index (χ4v) is 4.63. The third kappa shape index (κ3) is 5.66. The molecule has 0 heterocycles. The molecule has 2 aromatic rings.